The van der Waals surface area contributed by atoms with Gasteiger partial charge in [-0.25, -0.2) is 0 Å². The molecule has 1 amide bonds. The fraction of sp³-hybridized carbons (Fsp3) is 0.579. The standard InChI is InChI=1S/C19H22F3N3O4S/c20-19(21,22)10-2-1-3-11(8-10)23-18-24-14-15(27)13(26)9-12(16(14)30-18)17(28)25-4-6-29-7-5-25/h1-3,8,12-16,26-27H,4-7,9H2,(H,23,24)/t12-,13+,14-,15-,16+/m0/s1. The van der Waals surface area contributed by atoms with E-state index in [1.165, 1.54) is 23.9 Å². The molecule has 0 unspecified atom stereocenters. The summed E-state index contributed by atoms with van der Waals surface area (Å²) in [6.07, 6.45) is -6.60. The molecule has 11 heteroatoms. The molecule has 1 aliphatic carbocycles. The molecule has 0 bridgehead atoms. The van der Waals surface area contributed by atoms with Gasteiger partial charge in [0, 0.05) is 24.0 Å². The number of nitrogens with one attached hydrogen (secondary N) is 1. The Kier molecular flexibility index (Phi) is 5.97. The Morgan fingerprint density at radius 3 is 2.70 bits per heavy atom. The SMILES string of the molecule is O=C([C@H]1C[C@@H](O)[C@H](O)[C@@H]2N=C(Nc3cccc(C(F)(F)F)c3)S[C@@H]21)N1CCOCC1. The second kappa shape index (κ2) is 8.37. The lowest BCUT2D eigenvalue weighted by Gasteiger charge is -2.40. The lowest BCUT2D eigenvalue weighted by atomic mass is 9.80. The number of morpholine rings is 1. The molecule has 2 fully saturated rings. The average Bonchev–Trinajstić information content (AvgIpc) is 3.14. The minimum atomic E-state index is -4.47. The van der Waals surface area contributed by atoms with Crippen LogP contribution in [0.25, 0.3) is 0 Å². The first-order valence-corrected chi connectivity index (χ1v) is 10.5. The number of hydrogen-bond acceptors (Lipinski definition) is 7. The molecule has 3 N–H and O–H groups in total. The normalized spacial score (nSPS) is 31.8. The van der Waals surface area contributed by atoms with Gasteiger partial charge < -0.3 is 25.2 Å². The summed E-state index contributed by atoms with van der Waals surface area (Å²) in [4.78, 5) is 19.1. The van der Waals surface area contributed by atoms with Crippen molar-refractivity contribution in [2.45, 2.75) is 36.1 Å². The zero-order valence-electron chi connectivity index (χ0n) is 15.9. The Morgan fingerprint density at radius 1 is 1.27 bits per heavy atom. The molecule has 5 atom stereocenters. The van der Waals surface area contributed by atoms with E-state index in [1.807, 2.05) is 0 Å². The first kappa shape index (κ1) is 21.4. The van der Waals surface area contributed by atoms with E-state index in [1.54, 1.807) is 4.90 Å². The maximum Gasteiger partial charge on any atom is 0.416 e. The molecule has 1 saturated heterocycles. The maximum atomic E-state index is 13.0. The number of aliphatic imine (C=N–C) groups is 1. The second-order valence-electron chi connectivity index (χ2n) is 7.55. The largest absolute Gasteiger partial charge is 0.416 e. The number of halogens is 3. The second-order valence-corrected chi connectivity index (χ2v) is 8.72. The molecule has 2 heterocycles. The van der Waals surface area contributed by atoms with Crippen molar-refractivity contribution in [3.8, 4) is 0 Å². The van der Waals surface area contributed by atoms with Crippen LogP contribution < -0.4 is 5.32 Å². The lowest BCUT2D eigenvalue weighted by molar-refractivity contribution is -0.144. The summed E-state index contributed by atoms with van der Waals surface area (Å²) in [6.45, 7) is 1.83. The fourth-order valence-electron chi connectivity index (χ4n) is 4.01. The van der Waals surface area contributed by atoms with Crippen LogP contribution in [0.15, 0.2) is 29.3 Å². The smallest absolute Gasteiger partial charge is 0.390 e. The molecule has 7 nitrogen and oxygen atoms in total. The molecule has 0 spiro atoms. The van der Waals surface area contributed by atoms with Gasteiger partial charge in [-0.1, -0.05) is 17.8 Å². The summed E-state index contributed by atoms with van der Waals surface area (Å²) in [5.41, 5.74) is -0.579. The van der Waals surface area contributed by atoms with Gasteiger partial charge in [0.15, 0.2) is 5.17 Å². The number of carbonyl (C=O) groups excluding carboxylic acids is 1. The molecule has 0 aromatic heterocycles. The van der Waals surface area contributed by atoms with Crippen LogP contribution in [-0.4, -0.2) is 76.0 Å². The summed E-state index contributed by atoms with van der Waals surface area (Å²) >= 11 is 1.22. The number of alkyl halides is 3. The number of rotatable bonds is 2. The van der Waals surface area contributed by atoms with E-state index in [-0.39, 0.29) is 18.0 Å². The van der Waals surface area contributed by atoms with Crippen molar-refractivity contribution in [3.05, 3.63) is 29.8 Å². The molecule has 30 heavy (non-hydrogen) atoms. The number of thioether (sulfide) groups is 1. The van der Waals surface area contributed by atoms with Crippen LogP contribution in [0.5, 0.6) is 0 Å². The highest BCUT2D eigenvalue weighted by molar-refractivity contribution is 8.15. The predicted molar refractivity (Wildman–Crippen MR) is 105 cm³/mol. The van der Waals surface area contributed by atoms with Crippen LogP contribution in [0.2, 0.25) is 0 Å². The predicted octanol–water partition coefficient (Wildman–Crippen LogP) is 1.56. The van der Waals surface area contributed by atoms with Crippen molar-refractivity contribution in [2.24, 2.45) is 10.9 Å². The number of amides is 1. The first-order chi connectivity index (χ1) is 14.2. The van der Waals surface area contributed by atoms with Crippen LogP contribution in [0.3, 0.4) is 0 Å². The van der Waals surface area contributed by atoms with Crippen molar-refractivity contribution in [1.82, 2.24) is 4.90 Å². The van der Waals surface area contributed by atoms with Crippen molar-refractivity contribution >= 4 is 28.5 Å². The van der Waals surface area contributed by atoms with E-state index >= 15 is 0 Å². The van der Waals surface area contributed by atoms with Gasteiger partial charge in [0.1, 0.15) is 6.10 Å². The van der Waals surface area contributed by atoms with Gasteiger partial charge in [-0.3, -0.25) is 9.79 Å². The van der Waals surface area contributed by atoms with Crippen molar-refractivity contribution in [2.75, 3.05) is 31.6 Å². The average molecular weight is 445 g/mol. The van der Waals surface area contributed by atoms with Gasteiger partial charge >= 0.3 is 6.18 Å². The molecular weight excluding hydrogens is 423 g/mol. The maximum absolute atomic E-state index is 13.0. The van der Waals surface area contributed by atoms with E-state index in [2.05, 4.69) is 10.3 Å². The summed E-state index contributed by atoms with van der Waals surface area (Å²) < 4.78 is 44.2. The summed E-state index contributed by atoms with van der Waals surface area (Å²) in [6, 6.07) is 4.02. The third kappa shape index (κ3) is 4.29. The Hall–Kier alpha value is -1.82. The van der Waals surface area contributed by atoms with Crippen LogP contribution in [-0.2, 0) is 15.7 Å². The van der Waals surface area contributed by atoms with Gasteiger partial charge in [0.2, 0.25) is 5.91 Å². The number of aliphatic hydroxyl groups excluding tert-OH is 2. The summed E-state index contributed by atoms with van der Waals surface area (Å²) in [5.74, 6) is -0.677. The van der Waals surface area contributed by atoms with Crippen LogP contribution >= 0.6 is 11.8 Å². The molecule has 4 rings (SSSR count). The third-order valence-corrected chi connectivity index (χ3v) is 6.88. The number of aliphatic hydroxyl groups is 2. The van der Waals surface area contributed by atoms with Crippen LogP contribution in [0.4, 0.5) is 18.9 Å². The van der Waals surface area contributed by atoms with E-state index in [0.717, 1.165) is 12.1 Å². The Labute approximate surface area is 175 Å². The van der Waals surface area contributed by atoms with E-state index in [9.17, 15) is 28.2 Å². The monoisotopic (exact) mass is 445 g/mol. The van der Waals surface area contributed by atoms with Crippen molar-refractivity contribution in [1.29, 1.82) is 0 Å². The Balaban J connectivity index is 1.51. The number of nitrogens with zero attached hydrogens (tertiary/aromatic N) is 2. The van der Waals surface area contributed by atoms with Gasteiger partial charge in [0.05, 0.1) is 36.8 Å². The fourth-order valence-corrected chi connectivity index (χ4v) is 5.38. The van der Waals surface area contributed by atoms with Crippen molar-refractivity contribution < 1.29 is 32.9 Å². The molecule has 164 valence electrons. The van der Waals surface area contributed by atoms with E-state index in [0.29, 0.717) is 31.5 Å². The molecule has 1 aromatic rings. The summed E-state index contributed by atoms with van der Waals surface area (Å²) in [5, 5.41) is 23.4. The zero-order chi connectivity index (χ0) is 21.5. The van der Waals surface area contributed by atoms with Gasteiger partial charge in [-0.05, 0) is 24.6 Å². The topological polar surface area (TPSA) is 94.4 Å². The first-order valence-electron chi connectivity index (χ1n) is 9.65. The molecule has 1 aromatic carbocycles. The number of anilines is 1. The third-order valence-electron chi connectivity index (χ3n) is 5.57. The molecule has 1 saturated carbocycles. The quantitative estimate of drug-likeness (QED) is 0.640. The highest BCUT2D eigenvalue weighted by Crippen LogP contribution is 2.42. The van der Waals surface area contributed by atoms with E-state index in [4.69, 9.17) is 4.74 Å². The lowest BCUT2D eigenvalue weighted by Crippen LogP contribution is -2.55. The number of benzene rings is 1. The van der Waals surface area contributed by atoms with Gasteiger partial charge in [-0.2, -0.15) is 13.2 Å². The van der Waals surface area contributed by atoms with Gasteiger partial charge in [-0.15, -0.1) is 0 Å². The van der Waals surface area contributed by atoms with Crippen molar-refractivity contribution in [3.63, 3.8) is 0 Å². The number of carbonyl (C=O) groups is 1. The number of fused-ring (bicyclic) bond motifs is 1. The van der Waals surface area contributed by atoms with E-state index < -0.39 is 41.2 Å². The number of hydrogen-bond donors (Lipinski definition) is 3. The highest BCUT2D eigenvalue weighted by atomic mass is 32.2. The summed E-state index contributed by atoms with van der Waals surface area (Å²) in [7, 11) is 0. The molecule has 2 aliphatic heterocycles. The highest BCUT2D eigenvalue weighted by Gasteiger charge is 2.51. The number of amidine groups is 1. The molecule has 0 radical (unpaired) electrons. The van der Waals surface area contributed by atoms with Crippen LogP contribution in [0.1, 0.15) is 12.0 Å². The number of ether oxygens (including phenoxy) is 1. The van der Waals surface area contributed by atoms with Crippen LogP contribution in [0, 0.1) is 5.92 Å². The minimum Gasteiger partial charge on any atom is -0.390 e. The minimum absolute atomic E-state index is 0.109. The zero-order valence-corrected chi connectivity index (χ0v) is 16.7. The molecular formula is C19H22F3N3O4S. The van der Waals surface area contributed by atoms with Gasteiger partial charge in [0.25, 0.3) is 0 Å². The Morgan fingerprint density at radius 2 is 2.00 bits per heavy atom. The molecule has 3 aliphatic rings. The Bertz CT molecular complexity index is 831.